The lowest BCUT2D eigenvalue weighted by Crippen LogP contribution is -2.12. The molecule has 0 spiro atoms. The van der Waals surface area contributed by atoms with Gasteiger partial charge in [0.05, 0.1) is 0 Å². The highest BCUT2D eigenvalue weighted by molar-refractivity contribution is 8.00. The van der Waals surface area contributed by atoms with E-state index in [1.165, 1.54) is 29.2 Å². The van der Waals surface area contributed by atoms with E-state index >= 15 is 0 Å². The van der Waals surface area contributed by atoms with Gasteiger partial charge in [-0.1, -0.05) is 41.3 Å². The van der Waals surface area contributed by atoms with Crippen LogP contribution in [0.25, 0.3) is 0 Å². The predicted molar refractivity (Wildman–Crippen MR) is 75.0 cm³/mol. The van der Waals surface area contributed by atoms with Crippen molar-refractivity contribution in [3.05, 3.63) is 35.6 Å². The van der Waals surface area contributed by atoms with Crippen molar-refractivity contribution in [1.82, 2.24) is 10.2 Å². The van der Waals surface area contributed by atoms with Gasteiger partial charge in [-0.25, -0.2) is 4.39 Å². The van der Waals surface area contributed by atoms with Crippen molar-refractivity contribution in [2.45, 2.75) is 17.2 Å². The molecule has 0 aliphatic heterocycles. The van der Waals surface area contributed by atoms with E-state index in [0.717, 1.165) is 4.34 Å². The summed E-state index contributed by atoms with van der Waals surface area (Å²) in [4.78, 5) is 11.7. The number of aryl methyl sites for hydroxylation is 1. The van der Waals surface area contributed by atoms with Crippen LogP contribution in [0, 0.1) is 5.82 Å². The quantitative estimate of drug-likeness (QED) is 0.681. The van der Waals surface area contributed by atoms with Crippen molar-refractivity contribution in [3.63, 3.8) is 0 Å². The van der Waals surface area contributed by atoms with Gasteiger partial charge >= 0.3 is 0 Å². The molecule has 0 atom stereocenters. The molecule has 1 heterocycles. The molecule has 1 aromatic carbocycles. The summed E-state index contributed by atoms with van der Waals surface area (Å²) in [6.45, 7) is 0. The summed E-state index contributed by atoms with van der Waals surface area (Å²) < 4.78 is 14.2. The Morgan fingerprint density at radius 2 is 2.21 bits per heavy atom. The zero-order valence-corrected chi connectivity index (χ0v) is 11.9. The summed E-state index contributed by atoms with van der Waals surface area (Å²) in [6.07, 6.45) is 2.48. The van der Waals surface area contributed by atoms with E-state index in [0.29, 0.717) is 17.1 Å². The number of amides is 1. The normalized spacial score (nSPS) is 10.4. The SMILES string of the molecule is CSc1nnc(NC(=O)CCc2ccccc2F)s1. The Morgan fingerprint density at radius 1 is 1.42 bits per heavy atom. The van der Waals surface area contributed by atoms with Gasteiger partial charge in [-0.3, -0.25) is 4.79 Å². The molecule has 0 fully saturated rings. The maximum atomic E-state index is 13.4. The second-order valence-electron chi connectivity index (χ2n) is 3.72. The van der Waals surface area contributed by atoms with Crippen molar-refractivity contribution in [1.29, 1.82) is 0 Å². The molecule has 1 aromatic heterocycles. The molecule has 0 bridgehead atoms. The van der Waals surface area contributed by atoms with Gasteiger partial charge in [-0.2, -0.15) is 0 Å². The zero-order chi connectivity index (χ0) is 13.7. The molecule has 7 heteroatoms. The Labute approximate surface area is 118 Å². The van der Waals surface area contributed by atoms with Gasteiger partial charge in [-0.15, -0.1) is 10.2 Å². The van der Waals surface area contributed by atoms with Crippen molar-refractivity contribution >= 4 is 34.1 Å². The summed E-state index contributed by atoms with van der Waals surface area (Å²) in [5.74, 6) is -0.469. The summed E-state index contributed by atoms with van der Waals surface area (Å²) >= 11 is 2.79. The first-order valence-electron chi connectivity index (χ1n) is 5.60. The van der Waals surface area contributed by atoms with Crippen molar-refractivity contribution in [3.8, 4) is 0 Å². The number of benzene rings is 1. The smallest absolute Gasteiger partial charge is 0.226 e. The number of nitrogens with one attached hydrogen (secondary N) is 1. The monoisotopic (exact) mass is 297 g/mol. The van der Waals surface area contributed by atoms with E-state index in [1.807, 2.05) is 6.26 Å². The fraction of sp³-hybridized carbons (Fsp3) is 0.250. The third-order valence-electron chi connectivity index (χ3n) is 2.41. The van der Waals surface area contributed by atoms with E-state index < -0.39 is 0 Å². The molecule has 2 aromatic rings. The van der Waals surface area contributed by atoms with Gasteiger partial charge in [0, 0.05) is 6.42 Å². The number of rotatable bonds is 5. The third kappa shape index (κ3) is 4.00. The molecule has 0 aliphatic rings. The summed E-state index contributed by atoms with van der Waals surface area (Å²) in [6, 6.07) is 6.46. The Kier molecular flexibility index (Phi) is 4.86. The maximum absolute atomic E-state index is 13.4. The topological polar surface area (TPSA) is 54.9 Å². The fourth-order valence-corrected chi connectivity index (χ4v) is 2.66. The molecule has 0 aliphatic carbocycles. The first-order chi connectivity index (χ1) is 9.19. The van der Waals surface area contributed by atoms with Crippen LogP contribution in [0.15, 0.2) is 28.6 Å². The van der Waals surface area contributed by atoms with Crippen molar-refractivity contribution < 1.29 is 9.18 Å². The van der Waals surface area contributed by atoms with Crippen LogP contribution < -0.4 is 5.32 Å². The first kappa shape index (κ1) is 14.0. The van der Waals surface area contributed by atoms with Gasteiger partial charge in [0.2, 0.25) is 11.0 Å². The van der Waals surface area contributed by atoms with E-state index in [1.54, 1.807) is 18.2 Å². The van der Waals surface area contributed by atoms with Crippen LogP contribution in [0.2, 0.25) is 0 Å². The van der Waals surface area contributed by atoms with Crippen LogP contribution in [0.1, 0.15) is 12.0 Å². The Balaban J connectivity index is 1.86. The lowest BCUT2D eigenvalue weighted by atomic mass is 10.1. The summed E-state index contributed by atoms with van der Waals surface area (Å²) in [5.41, 5.74) is 0.541. The molecule has 100 valence electrons. The second kappa shape index (κ2) is 6.63. The minimum atomic E-state index is -0.282. The Bertz CT molecular complexity index is 574. The largest absolute Gasteiger partial charge is 0.300 e. The lowest BCUT2D eigenvalue weighted by molar-refractivity contribution is -0.116. The highest BCUT2D eigenvalue weighted by atomic mass is 32.2. The molecule has 0 saturated heterocycles. The molecule has 1 amide bonds. The number of hydrogen-bond acceptors (Lipinski definition) is 5. The third-order valence-corrected chi connectivity index (χ3v) is 4.22. The summed E-state index contributed by atoms with van der Waals surface area (Å²) in [5, 5.41) is 10.8. The second-order valence-corrected chi connectivity index (χ2v) is 5.75. The van der Waals surface area contributed by atoms with Crippen molar-refractivity contribution in [2.24, 2.45) is 0 Å². The van der Waals surface area contributed by atoms with Crippen LogP contribution in [-0.4, -0.2) is 22.4 Å². The number of nitrogens with zero attached hydrogens (tertiary/aromatic N) is 2. The van der Waals surface area contributed by atoms with Gasteiger partial charge in [0.1, 0.15) is 5.82 Å². The molecule has 0 radical (unpaired) electrons. The molecule has 4 nitrogen and oxygen atoms in total. The molecular weight excluding hydrogens is 285 g/mol. The molecule has 0 saturated carbocycles. The molecule has 2 rings (SSSR count). The number of carbonyl (C=O) groups is 1. The molecule has 19 heavy (non-hydrogen) atoms. The number of thioether (sulfide) groups is 1. The maximum Gasteiger partial charge on any atom is 0.226 e. The van der Waals surface area contributed by atoms with E-state index in [2.05, 4.69) is 15.5 Å². The van der Waals surface area contributed by atoms with E-state index in [-0.39, 0.29) is 18.1 Å². The summed E-state index contributed by atoms with van der Waals surface area (Å²) in [7, 11) is 0. The van der Waals surface area contributed by atoms with Crippen LogP contribution >= 0.6 is 23.1 Å². The molecular formula is C12H12FN3OS2. The highest BCUT2D eigenvalue weighted by Crippen LogP contribution is 2.23. The van der Waals surface area contributed by atoms with E-state index in [4.69, 9.17) is 0 Å². The lowest BCUT2D eigenvalue weighted by Gasteiger charge is -2.02. The first-order valence-corrected chi connectivity index (χ1v) is 7.64. The zero-order valence-electron chi connectivity index (χ0n) is 10.2. The number of hydrogen-bond donors (Lipinski definition) is 1. The standard InChI is InChI=1S/C12H12FN3OS2/c1-18-12-16-15-11(19-12)14-10(17)7-6-8-4-2-3-5-9(8)13/h2-5H,6-7H2,1H3,(H,14,15,17). The average Bonchev–Trinajstić information content (AvgIpc) is 2.85. The van der Waals surface area contributed by atoms with E-state index in [9.17, 15) is 9.18 Å². The number of carbonyl (C=O) groups excluding carboxylic acids is 1. The van der Waals surface area contributed by atoms with Crippen LogP contribution in [-0.2, 0) is 11.2 Å². The van der Waals surface area contributed by atoms with Gasteiger partial charge in [0.15, 0.2) is 4.34 Å². The van der Waals surface area contributed by atoms with Crippen LogP contribution in [0.4, 0.5) is 9.52 Å². The molecule has 0 unspecified atom stereocenters. The van der Waals surface area contributed by atoms with Gasteiger partial charge < -0.3 is 5.32 Å². The predicted octanol–water partition coefficient (Wildman–Crippen LogP) is 2.97. The average molecular weight is 297 g/mol. The molecule has 1 N–H and O–H groups in total. The van der Waals surface area contributed by atoms with Crippen LogP contribution in [0.3, 0.4) is 0 Å². The number of halogens is 1. The van der Waals surface area contributed by atoms with Gasteiger partial charge in [0.25, 0.3) is 0 Å². The van der Waals surface area contributed by atoms with Crippen molar-refractivity contribution in [2.75, 3.05) is 11.6 Å². The highest BCUT2D eigenvalue weighted by Gasteiger charge is 2.09. The Hall–Kier alpha value is -1.47. The number of anilines is 1. The fourth-order valence-electron chi connectivity index (χ4n) is 1.47. The van der Waals surface area contributed by atoms with Gasteiger partial charge in [-0.05, 0) is 24.3 Å². The minimum Gasteiger partial charge on any atom is -0.300 e. The Morgan fingerprint density at radius 3 is 2.89 bits per heavy atom. The number of aromatic nitrogens is 2. The van der Waals surface area contributed by atoms with Crippen LogP contribution in [0.5, 0.6) is 0 Å². The minimum absolute atomic E-state index is 0.188.